The van der Waals surface area contributed by atoms with Crippen LogP contribution < -0.4 is 0 Å². The fourth-order valence-corrected chi connectivity index (χ4v) is 2.11. The lowest BCUT2D eigenvalue weighted by atomic mass is 10.0. The summed E-state index contributed by atoms with van der Waals surface area (Å²) in [5, 5.41) is 0.963. The zero-order chi connectivity index (χ0) is 12.3. The van der Waals surface area contributed by atoms with Gasteiger partial charge in [-0.3, -0.25) is 4.79 Å². The number of ketones is 1. The van der Waals surface area contributed by atoms with Gasteiger partial charge in [0, 0.05) is 18.2 Å². The summed E-state index contributed by atoms with van der Waals surface area (Å²) in [7, 11) is 0. The highest BCUT2D eigenvalue weighted by Gasteiger charge is 2.18. The number of Topliss-reactive ketones (excluding diaryl/α,β-unsaturated/α-hetero) is 1. The number of furan rings is 1. The number of hydrogen-bond acceptors (Lipinski definition) is 2. The summed E-state index contributed by atoms with van der Waals surface area (Å²) in [5.41, 5.74) is 1.63. The minimum atomic E-state index is 0.216. The molecule has 90 valence electrons. The van der Waals surface area contributed by atoms with Crippen molar-refractivity contribution in [2.75, 3.05) is 0 Å². The van der Waals surface area contributed by atoms with Crippen LogP contribution in [-0.4, -0.2) is 5.78 Å². The lowest BCUT2D eigenvalue weighted by Gasteiger charge is -1.99. The fraction of sp³-hybridized carbons (Fsp3) is 0.400. The fourth-order valence-electron chi connectivity index (χ4n) is 2.11. The number of carbonyl (C=O) groups is 1. The third-order valence-electron chi connectivity index (χ3n) is 3.03. The number of aryl methyl sites for hydroxylation is 1. The molecule has 0 bridgehead atoms. The summed E-state index contributed by atoms with van der Waals surface area (Å²) >= 11 is 0. The number of fused-ring (bicyclic) bond motifs is 1. The van der Waals surface area contributed by atoms with Crippen molar-refractivity contribution in [2.24, 2.45) is 0 Å². The van der Waals surface area contributed by atoms with E-state index in [2.05, 4.69) is 6.92 Å². The smallest absolute Gasteiger partial charge is 0.167 e. The Hall–Kier alpha value is -1.57. The maximum absolute atomic E-state index is 12.2. The molecule has 1 heterocycles. The molecule has 0 fully saturated rings. The van der Waals surface area contributed by atoms with Gasteiger partial charge in [0.15, 0.2) is 5.78 Å². The minimum Gasteiger partial charge on any atom is -0.460 e. The number of carbonyl (C=O) groups excluding carboxylic acids is 1. The number of rotatable bonds is 5. The van der Waals surface area contributed by atoms with Crippen LogP contribution in [0.25, 0.3) is 11.0 Å². The second kappa shape index (κ2) is 5.17. The van der Waals surface area contributed by atoms with E-state index in [9.17, 15) is 4.79 Å². The molecule has 17 heavy (non-hydrogen) atoms. The van der Waals surface area contributed by atoms with Crippen LogP contribution in [0.1, 0.15) is 49.2 Å². The molecule has 0 unspecified atom stereocenters. The van der Waals surface area contributed by atoms with E-state index in [1.165, 1.54) is 0 Å². The van der Waals surface area contributed by atoms with Crippen LogP contribution in [0.4, 0.5) is 0 Å². The predicted octanol–water partition coefficient (Wildman–Crippen LogP) is 4.37. The molecule has 1 aromatic heterocycles. The monoisotopic (exact) mass is 230 g/mol. The van der Waals surface area contributed by atoms with Gasteiger partial charge < -0.3 is 4.42 Å². The molecule has 1 aromatic carbocycles. The third kappa shape index (κ3) is 2.26. The van der Waals surface area contributed by atoms with Gasteiger partial charge in [0.1, 0.15) is 11.3 Å². The molecule has 2 rings (SSSR count). The summed E-state index contributed by atoms with van der Waals surface area (Å²) < 4.78 is 5.73. The molecule has 0 saturated carbocycles. The minimum absolute atomic E-state index is 0.216. The molecule has 2 aromatic rings. The standard InChI is InChI=1S/C15H18O2/c1-3-5-9-12(16)15-11-8-6-7-10-14(11)17-13(15)4-2/h6-8,10H,3-5,9H2,1-2H3. The Morgan fingerprint density at radius 3 is 2.71 bits per heavy atom. The van der Waals surface area contributed by atoms with Crippen molar-refractivity contribution in [1.29, 1.82) is 0 Å². The molecule has 0 aliphatic heterocycles. The molecule has 0 radical (unpaired) electrons. The second-order valence-corrected chi connectivity index (χ2v) is 4.28. The zero-order valence-electron chi connectivity index (χ0n) is 10.5. The van der Waals surface area contributed by atoms with Gasteiger partial charge in [-0.25, -0.2) is 0 Å². The Morgan fingerprint density at radius 1 is 1.24 bits per heavy atom. The van der Waals surface area contributed by atoms with Gasteiger partial charge in [-0.2, -0.15) is 0 Å². The molecule has 0 N–H and O–H groups in total. The first-order valence-electron chi connectivity index (χ1n) is 6.31. The van der Waals surface area contributed by atoms with Crippen molar-refractivity contribution in [3.05, 3.63) is 35.6 Å². The lowest BCUT2D eigenvalue weighted by molar-refractivity contribution is 0.0979. The Bertz CT molecular complexity index is 523. The normalized spacial score (nSPS) is 10.9. The average Bonchev–Trinajstić information content (AvgIpc) is 2.74. The Kier molecular flexibility index (Phi) is 3.62. The van der Waals surface area contributed by atoms with Crippen molar-refractivity contribution < 1.29 is 9.21 Å². The molecule has 2 heteroatoms. The number of benzene rings is 1. The van der Waals surface area contributed by atoms with Crippen LogP contribution in [0.2, 0.25) is 0 Å². The number of unbranched alkanes of at least 4 members (excludes halogenated alkanes) is 1. The van der Waals surface area contributed by atoms with Crippen LogP contribution in [0.15, 0.2) is 28.7 Å². The van der Waals surface area contributed by atoms with Crippen molar-refractivity contribution in [2.45, 2.75) is 39.5 Å². The highest BCUT2D eigenvalue weighted by molar-refractivity contribution is 6.08. The molecular formula is C15H18O2. The summed E-state index contributed by atoms with van der Waals surface area (Å²) in [4.78, 5) is 12.2. The van der Waals surface area contributed by atoms with Crippen molar-refractivity contribution >= 4 is 16.8 Å². The van der Waals surface area contributed by atoms with E-state index in [-0.39, 0.29) is 5.78 Å². The molecule has 0 atom stereocenters. The zero-order valence-corrected chi connectivity index (χ0v) is 10.5. The summed E-state index contributed by atoms with van der Waals surface area (Å²) in [5.74, 6) is 1.04. The quantitative estimate of drug-likeness (QED) is 0.714. The van der Waals surface area contributed by atoms with E-state index < -0.39 is 0 Å². The van der Waals surface area contributed by atoms with Crippen LogP contribution >= 0.6 is 0 Å². The molecule has 0 aliphatic carbocycles. The Labute approximate surface area is 102 Å². The van der Waals surface area contributed by atoms with Gasteiger partial charge in [0.2, 0.25) is 0 Å². The summed E-state index contributed by atoms with van der Waals surface area (Å²) in [6.07, 6.45) is 3.37. The Morgan fingerprint density at radius 2 is 2.00 bits per heavy atom. The van der Waals surface area contributed by atoms with E-state index in [0.29, 0.717) is 6.42 Å². The molecule has 2 nitrogen and oxygen atoms in total. The molecule has 0 spiro atoms. The first-order chi connectivity index (χ1) is 8.27. The molecule has 0 aliphatic rings. The maximum Gasteiger partial charge on any atom is 0.167 e. The SMILES string of the molecule is CCCCC(=O)c1c(CC)oc2ccccc12. The summed E-state index contributed by atoms with van der Waals surface area (Å²) in [6, 6.07) is 7.78. The van der Waals surface area contributed by atoms with Gasteiger partial charge >= 0.3 is 0 Å². The molecule has 0 amide bonds. The van der Waals surface area contributed by atoms with Crippen molar-refractivity contribution in [1.82, 2.24) is 0 Å². The molecule has 0 saturated heterocycles. The van der Waals surface area contributed by atoms with Crippen LogP contribution in [0, 0.1) is 0 Å². The second-order valence-electron chi connectivity index (χ2n) is 4.28. The van der Waals surface area contributed by atoms with E-state index in [4.69, 9.17) is 4.42 Å². The van der Waals surface area contributed by atoms with Gasteiger partial charge in [-0.1, -0.05) is 38.5 Å². The van der Waals surface area contributed by atoms with Gasteiger partial charge in [-0.05, 0) is 12.5 Å². The highest BCUT2D eigenvalue weighted by Crippen LogP contribution is 2.27. The third-order valence-corrected chi connectivity index (χ3v) is 3.03. The van der Waals surface area contributed by atoms with Crippen LogP contribution in [0.3, 0.4) is 0 Å². The first kappa shape index (κ1) is 11.9. The van der Waals surface area contributed by atoms with Gasteiger partial charge in [-0.15, -0.1) is 0 Å². The average molecular weight is 230 g/mol. The van der Waals surface area contributed by atoms with Crippen LogP contribution in [-0.2, 0) is 6.42 Å². The maximum atomic E-state index is 12.2. The number of hydrogen-bond donors (Lipinski definition) is 0. The van der Waals surface area contributed by atoms with E-state index in [1.807, 2.05) is 31.2 Å². The predicted molar refractivity (Wildman–Crippen MR) is 69.4 cm³/mol. The number of para-hydroxylation sites is 1. The lowest BCUT2D eigenvalue weighted by Crippen LogP contribution is -2.01. The topological polar surface area (TPSA) is 30.2 Å². The van der Waals surface area contributed by atoms with Crippen molar-refractivity contribution in [3.63, 3.8) is 0 Å². The van der Waals surface area contributed by atoms with E-state index in [0.717, 1.165) is 41.6 Å². The Balaban J connectivity index is 2.46. The first-order valence-corrected chi connectivity index (χ1v) is 6.31. The van der Waals surface area contributed by atoms with Crippen molar-refractivity contribution in [3.8, 4) is 0 Å². The van der Waals surface area contributed by atoms with E-state index in [1.54, 1.807) is 0 Å². The highest BCUT2D eigenvalue weighted by atomic mass is 16.3. The summed E-state index contributed by atoms with van der Waals surface area (Å²) in [6.45, 7) is 4.12. The van der Waals surface area contributed by atoms with Gasteiger partial charge in [0.25, 0.3) is 0 Å². The van der Waals surface area contributed by atoms with Gasteiger partial charge in [0.05, 0.1) is 5.56 Å². The largest absolute Gasteiger partial charge is 0.460 e. The van der Waals surface area contributed by atoms with E-state index >= 15 is 0 Å². The van der Waals surface area contributed by atoms with Crippen LogP contribution in [0.5, 0.6) is 0 Å². The molecular weight excluding hydrogens is 212 g/mol.